The second-order valence-electron chi connectivity index (χ2n) is 12.2. The molecule has 3 rings (SSSR count). The van der Waals surface area contributed by atoms with Crippen molar-refractivity contribution in [2.24, 2.45) is 0 Å². The molecule has 0 radical (unpaired) electrons. The summed E-state index contributed by atoms with van der Waals surface area (Å²) in [4.78, 5) is 23.3. The van der Waals surface area contributed by atoms with Gasteiger partial charge in [-0.25, -0.2) is 0 Å². The fourth-order valence-corrected chi connectivity index (χ4v) is 4.42. The molecule has 42 heavy (non-hydrogen) atoms. The van der Waals surface area contributed by atoms with E-state index in [0.29, 0.717) is 5.56 Å². The molecule has 0 spiro atoms. The van der Waals surface area contributed by atoms with Crippen molar-refractivity contribution in [3.8, 4) is 5.75 Å². The number of carbonyl (C=O) groups excluding carboxylic acids is 2. The van der Waals surface area contributed by atoms with Gasteiger partial charge in [-0.2, -0.15) is 21.6 Å². The van der Waals surface area contributed by atoms with Crippen molar-refractivity contribution >= 4 is 35.9 Å². The molecule has 1 aromatic carbocycles. The molecule has 2 fully saturated rings. The van der Waals surface area contributed by atoms with E-state index in [-0.39, 0.29) is 46.4 Å². The molecule has 10 nitrogen and oxygen atoms in total. The highest BCUT2D eigenvalue weighted by molar-refractivity contribution is 7.88. The minimum absolute atomic E-state index is 0.234. The summed E-state index contributed by atoms with van der Waals surface area (Å²) in [5.74, 6) is -2.14. The quantitative estimate of drug-likeness (QED) is 0.136. The lowest BCUT2D eigenvalue weighted by Gasteiger charge is -2.32. The second kappa shape index (κ2) is 12.1. The van der Waals surface area contributed by atoms with Crippen LogP contribution in [-0.2, 0) is 38.3 Å². The highest BCUT2D eigenvalue weighted by atomic mass is 32.2. The zero-order chi connectivity index (χ0) is 32.7. The number of ether oxygens (including phenoxy) is 1. The first-order chi connectivity index (χ1) is 18.8. The van der Waals surface area contributed by atoms with E-state index >= 15 is 0 Å². The van der Waals surface area contributed by atoms with E-state index < -0.39 is 47.1 Å². The molecule has 16 heteroatoms. The van der Waals surface area contributed by atoms with Gasteiger partial charge in [0.25, 0.3) is 0 Å². The number of esters is 1. The largest absolute Gasteiger partial charge is 0.534 e. The number of rotatable bonds is 7. The summed E-state index contributed by atoms with van der Waals surface area (Å²) < 4.78 is 92.2. The number of alkyl halides is 3. The molecular weight excluding hydrogens is 583 g/mol. The van der Waals surface area contributed by atoms with E-state index in [1.165, 1.54) is 19.9 Å². The Kier molecular flexibility index (Phi) is 10.4. The summed E-state index contributed by atoms with van der Waals surface area (Å²) in [6.07, 6.45) is -0.660. The van der Waals surface area contributed by atoms with Gasteiger partial charge in [0, 0.05) is 6.42 Å². The van der Waals surface area contributed by atoms with Crippen LogP contribution in [0, 0.1) is 13.8 Å². The monoisotopic (exact) mass is 622 g/mol. The molecule has 2 saturated heterocycles. The Morgan fingerprint density at radius 3 is 1.57 bits per heavy atom. The third-order valence-corrected chi connectivity index (χ3v) is 8.72. The van der Waals surface area contributed by atoms with Crippen LogP contribution < -0.4 is 4.18 Å². The van der Waals surface area contributed by atoms with Gasteiger partial charge in [-0.3, -0.25) is 9.59 Å². The zero-order valence-corrected chi connectivity index (χ0v) is 26.7. The number of carbonyl (C=O) groups is 2. The van der Waals surface area contributed by atoms with E-state index in [2.05, 4.69) is 8.92 Å². The van der Waals surface area contributed by atoms with Gasteiger partial charge in [-0.1, -0.05) is 6.07 Å². The van der Waals surface area contributed by atoms with E-state index in [4.69, 9.17) is 18.6 Å². The van der Waals surface area contributed by atoms with Crippen LogP contribution in [0.5, 0.6) is 5.75 Å². The summed E-state index contributed by atoms with van der Waals surface area (Å²) in [7, 11) is -5.75. The fourth-order valence-electron chi connectivity index (χ4n) is 3.96. The Morgan fingerprint density at radius 2 is 1.21 bits per heavy atom. The average Bonchev–Trinajstić information content (AvgIpc) is 3.15. The first-order valence-electron chi connectivity index (χ1n) is 13.2. The highest BCUT2D eigenvalue weighted by Gasteiger charge is 2.63. The van der Waals surface area contributed by atoms with Crippen LogP contribution in [0.15, 0.2) is 12.1 Å². The Morgan fingerprint density at radius 1 is 0.810 bits per heavy atom. The maximum Gasteiger partial charge on any atom is 0.534 e. The maximum atomic E-state index is 12.5. The van der Waals surface area contributed by atoms with Gasteiger partial charge in [0.15, 0.2) is 11.5 Å². The van der Waals surface area contributed by atoms with E-state index in [9.17, 15) is 31.2 Å². The van der Waals surface area contributed by atoms with Crippen LogP contribution in [0.1, 0.15) is 89.7 Å². The maximum absolute atomic E-state index is 12.5. The van der Waals surface area contributed by atoms with Gasteiger partial charge in [0.05, 0.1) is 41.5 Å². The molecule has 0 unspecified atom stereocenters. The predicted molar refractivity (Wildman–Crippen MR) is 149 cm³/mol. The van der Waals surface area contributed by atoms with E-state index in [1.54, 1.807) is 0 Å². The Balaban J connectivity index is 0.000000305. The Labute approximate surface area is 246 Å². The van der Waals surface area contributed by atoms with Crippen molar-refractivity contribution in [3.05, 3.63) is 28.8 Å². The van der Waals surface area contributed by atoms with Gasteiger partial charge in [-0.05, 0) is 86.4 Å². The number of halogens is 3. The molecule has 236 valence electrons. The van der Waals surface area contributed by atoms with Gasteiger partial charge >= 0.3 is 35.6 Å². The van der Waals surface area contributed by atoms with Crippen LogP contribution in [0.25, 0.3) is 0 Å². The van der Waals surface area contributed by atoms with Crippen molar-refractivity contribution in [1.29, 1.82) is 0 Å². The number of hydrogen-bond donors (Lipinski definition) is 0. The SMILES string of the molecule is CC1(C)OB(B2OC(C)(C)C(C)(C)O2)OC1(C)C.COC(=O)CCC(=O)c1c(C)cc(C)cc1OS(=O)(=O)C(F)(F)F. The second-order valence-corrected chi connectivity index (χ2v) is 13.7. The van der Waals surface area contributed by atoms with Gasteiger partial charge in [0.1, 0.15) is 0 Å². The van der Waals surface area contributed by atoms with Crippen LogP contribution in [0.2, 0.25) is 0 Å². The molecule has 2 aliphatic heterocycles. The lowest BCUT2D eigenvalue weighted by molar-refractivity contribution is -0.140. The molecule has 0 saturated carbocycles. The third kappa shape index (κ3) is 7.87. The normalized spacial score (nSPS) is 20.5. The van der Waals surface area contributed by atoms with Crippen LogP contribution in [-0.4, -0.2) is 69.2 Å². The van der Waals surface area contributed by atoms with Crippen molar-refractivity contribution in [2.45, 2.75) is 110 Å². The Hall–Kier alpha value is -2.13. The summed E-state index contributed by atoms with van der Waals surface area (Å²) in [5.41, 5.74) is -6.75. The topological polar surface area (TPSA) is 124 Å². The first kappa shape index (κ1) is 36.1. The summed E-state index contributed by atoms with van der Waals surface area (Å²) >= 11 is 0. The molecule has 0 aromatic heterocycles. The van der Waals surface area contributed by atoms with Gasteiger partial charge < -0.3 is 27.5 Å². The molecule has 0 aliphatic carbocycles. The number of benzene rings is 1. The van der Waals surface area contributed by atoms with Gasteiger partial charge in [0.2, 0.25) is 0 Å². The summed E-state index contributed by atoms with van der Waals surface area (Å²) in [5, 5.41) is 0. The number of methoxy groups -OCH3 is 1. The molecule has 0 amide bonds. The van der Waals surface area contributed by atoms with Crippen LogP contribution in [0.4, 0.5) is 13.2 Å². The van der Waals surface area contributed by atoms with Crippen molar-refractivity contribution in [2.75, 3.05) is 7.11 Å². The lowest BCUT2D eigenvalue weighted by atomic mass is 9.49. The number of ketones is 1. The van der Waals surface area contributed by atoms with Crippen molar-refractivity contribution in [1.82, 2.24) is 0 Å². The van der Waals surface area contributed by atoms with Gasteiger partial charge in [-0.15, -0.1) is 0 Å². The minimum atomic E-state index is -5.92. The molecule has 0 N–H and O–H groups in total. The number of Topliss-reactive ketones (excluding diaryl/α,β-unsaturated/α-hetero) is 1. The standard InChI is InChI=1S/C14H15F3O6S.C12H24B2O4/c1-8-6-9(2)13(10(18)4-5-12(19)22-3)11(7-8)23-24(20,21)14(15,16)17;1-9(2)10(3,4)16-13(15-9)14-17-11(5,6)12(7,8)18-14/h6-7H,4-5H2,1-3H3;1-8H3. The molecule has 0 bridgehead atoms. The van der Waals surface area contributed by atoms with Crippen molar-refractivity contribution < 1.29 is 58.7 Å². The first-order valence-corrected chi connectivity index (χ1v) is 14.6. The van der Waals surface area contributed by atoms with Crippen molar-refractivity contribution in [3.63, 3.8) is 0 Å². The molecule has 0 atom stereocenters. The molecule has 2 aliphatic rings. The smallest absolute Gasteiger partial charge is 0.469 e. The zero-order valence-electron chi connectivity index (χ0n) is 25.8. The minimum Gasteiger partial charge on any atom is -0.469 e. The van der Waals surface area contributed by atoms with Crippen LogP contribution in [0.3, 0.4) is 0 Å². The predicted octanol–water partition coefficient (Wildman–Crippen LogP) is 4.92. The lowest BCUT2D eigenvalue weighted by Crippen LogP contribution is -2.41. The van der Waals surface area contributed by atoms with Crippen LogP contribution >= 0.6 is 0 Å². The molecular formula is C26H39B2F3O10S. The van der Waals surface area contributed by atoms with E-state index in [0.717, 1.165) is 13.2 Å². The summed E-state index contributed by atoms with van der Waals surface area (Å²) in [6.45, 7) is 19.1. The highest BCUT2D eigenvalue weighted by Crippen LogP contribution is 2.43. The number of aryl methyl sites for hydroxylation is 2. The number of hydrogen-bond acceptors (Lipinski definition) is 10. The summed E-state index contributed by atoms with van der Waals surface area (Å²) in [6, 6.07) is 2.50. The fraction of sp³-hybridized carbons (Fsp3) is 0.692. The van der Waals surface area contributed by atoms with E-state index in [1.807, 2.05) is 55.4 Å². The molecule has 2 heterocycles. The average molecular weight is 622 g/mol. The Bertz CT molecular complexity index is 1230. The third-order valence-electron chi connectivity index (χ3n) is 7.75. The molecule has 1 aromatic rings.